The maximum atomic E-state index is 13.7. The van der Waals surface area contributed by atoms with E-state index in [0.717, 1.165) is 5.56 Å². The van der Waals surface area contributed by atoms with E-state index < -0.39 is 12.1 Å². The van der Waals surface area contributed by atoms with E-state index in [2.05, 4.69) is 10.6 Å². The Hall–Kier alpha value is -4.37. The second kappa shape index (κ2) is 13.1. The molecule has 0 radical (unpaired) electrons. The van der Waals surface area contributed by atoms with Crippen molar-refractivity contribution in [1.82, 2.24) is 9.80 Å². The van der Waals surface area contributed by atoms with E-state index >= 15 is 0 Å². The molecule has 0 fully saturated rings. The molecule has 0 aliphatic carbocycles. The summed E-state index contributed by atoms with van der Waals surface area (Å²) in [5.41, 5.74) is 2.32. The third kappa shape index (κ3) is 7.18. The molecule has 0 saturated heterocycles. The van der Waals surface area contributed by atoms with Gasteiger partial charge in [-0.3, -0.25) is 9.59 Å². The van der Waals surface area contributed by atoms with Crippen LogP contribution in [-0.2, 0) is 11.2 Å². The molecule has 210 valence electrons. The van der Waals surface area contributed by atoms with Crippen molar-refractivity contribution in [3.05, 3.63) is 90.0 Å². The number of aliphatic hydroxyl groups excluding tert-OH is 1. The topological polar surface area (TPSA) is 111 Å². The molecule has 0 spiro atoms. The van der Waals surface area contributed by atoms with Gasteiger partial charge in [-0.2, -0.15) is 0 Å². The lowest BCUT2D eigenvalue weighted by Gasteiger charge is -2.38. The van der Waals surface area contributed by atoms with Gasteiger partial charge in [0, 0.05) is 30.9 Å². The van der Waals surface area contributed by atoms with Crippen LogP contribution in [0.2, 0.25) is 0 Å². The lowest BCUT2D eigenvalue weighted by atomic mass is 9.99. The standard InChI is InChI=1S/C31H36N4O5/c1-21-18-35(22(2)20-36)30(38)26-17-25(32-29(37)16-23-10-6-4-7-11-23)14-15-27(26)40-28(21)19-34(3)31(39)33-24-12-8-5-9-13-24/h4-15,17,21-22,28,36H,16,18-20H2,1-3H3,(H,32,37)(H,33,39)/t21-,22-,28+/m0/s1. The van der Waals surface area contributed by atoms with Gasteiger partial charge in [-0.05, 0) is 42.8 Å². The zero-order valence-corrected chi connectivity index (χ0v) is 23.0. The number of nitrogens with one attached hydrogen (secondary N) is 2. The summed E-state index contributed by atoms with van der Waals surface area (Å²) in [5.74, 6) is -0.294. The zero-order chi connectivity index (χ0) is 28.6. The molecule has 40 heavy (non-hydrogen) atoms. The maximum Gasteiger partial charge on any atom is 0.321 e. The van der Waals surface area contributed by atoms with Crippen molar-refractivity contribution in [3.8, 4) is 5.75 Å². The number of hydrogen-bond donors (Lipinski definition) is 3. The highest BCUT2D eigenvalue weighted by Crippen LogP contribution is 2.31. The molecule has 0 saturated carbocycles. The first-order valence-electron chi connectivity index (χ1n) is 13.4. The summed E-state index contributed by atoms with van der Waals surface area (Å²) >= 11 is 0. The molecule has 4 rings (SSSR count). The van der Waals surface area contributed by atoms with Gasteiger partial charge < -0.3 is 30.3 Å². The summed E-state index contributed by atoms with van der Waals surface area (Å²) in [6.45, 7) is 4.13. The molecular formula is C31H36N4O5. The fraction of sp³-hybridized carbons (Fsp3) is 0.323. The molecule has 1 aliphatic heterocycles. The van der Waals surface area contributed by atoms with Gasteiger partial charge in [-0.25, -0.2) is 4.79 Å². The van der Waals surface area contributed by atoms with Gasteiger partial charge in [-0.1, -0.05) is 55.5 Å². The molecule has 1 heterocycles. The highest BCUT2D eigenvalue weighted by molar-refractivity contribution is 6.00. The van der Waals surface area contributed by atoms with Crippen molar-refractivity contribution in [2.24, 2.45) is 5.92 Å². The molecule has 9 heteroatoms. The lowest BCUT2D eigenvalue weighted by molar-refractivity contribution is -0.115. The summed E-state index contributed by atoms with van der Waals surface area (Å²) < 4.78 is 6.36. The first kappa shape index (κ1) is 28.6. The summed E-state index contributed by atoms with van der Waals surface area (Å²) in [6.07, 6.45) is -0.238. The number of urea groups is 1. The number of hydrogen-bond acceptors (Lipinski definition) is 5. The Labute approximate surface area is 234 Å². The molecule has 4 amide bonds. The van der Waals surface area contributed by atoms with E-state index in [1.54, 1.807) is 42.0 Å². The van der Waals surface area contributed by atoms with Gasteiger partial charge in [0.1, 0.15) is 11.9 Å². The van der Waals surface area contributed by atoms with E-state index in [-0.39, 0.29) is 48.9 Å². The molecule has 9 nitrogen and oxygen atoms in total. The van der Waals surface area contributed by atoms with Gasteiger partial charge in [0.15, 0.2) is 0 Å². The number of aliphatic hydroxyl groups is 1. The maximum absolute atomic E-state index is 13.7. The summed E-state index contributed by atoms with van der Waals surface area (Å²) in [7, 11) is 1.69. The Morgan fingerprint density at radius 1 is 1.02 bits per heavy atom. The summed E-state index contributed by atoms with van der Waals surface area (Å²) in [6, 6.07) is 22.9. The minimum atomic E-state index is -0.440. The number of amides is 4. The number of nitrogens with zero attached hydrogens (tertiary/aromatic N) is 2. The summed E-state index contributed by atoms with van der Waals surface area (Å²) in [5, 5.41) is 15.6. The van der Waals surface area contributed by atoms with Crippen LogP contribution >= 0.6 is 0 Å². The number of likely N-dealkylation sites (N-methyl/N-ethyl adjacent to an activating group) is 1. The number of ether oxygens (including phenoxy) is 1. The van der Waals surface area contributed by atoms with Crippen molar-refractivity contribution in [1.29, 1.82) is 0 Å². The van der Waals surface area contributed by atoms with Crippen molar-refractivity contribution in [2.75, 3.05) is 37.4 Å². The minimum Gasteiger partial charge on any atom is -0.487 e. The van der Waals surface area contributed by atoms with Gasteiger partial charge >= 0.3 is 6.03 Å². The fourth-order valence-electron chi connectivity index (χ4n) is 4.60. The predicted molar refractivity (Wildman–Crippen MR) is 154 cm³/mol. The first-order chi connectivity index (χ1) is 19.2. The van der Waals surface area contributed by atoms with Crippen LogP contribution in [0.1, 0.15) is 29.8 Å². The quantitative estimate of drug-likeness (QED) is 0.393. The van der Waals surface area contributed by atoms with Crippen LogP contribution in [-0.4, -0.2) is 71.6 Å². The zero-order valence-electron chi connectivity index (χ0n) is 23.0. The van der Waals surface area contributed by atoms with Crippen molar-refractivity contribution >= 4 is 29.2 Å². The van der Waals surface area contributed by atoms with Crippen LogP contribution in [0.3, 0.4) is 0 Å². The third-order valence-corrected chi connectivity index (χ3v) is 6.98. The van der Waals surface area contributed by atoms with Crippen molar-refractivity contribution in [3.63, 3.8) is 0 Å². The van der Waals surface area contributed by atoms with E-state index in [1.807, 2.05) is 67.6 Å². The highest BCUT2D eigenvalue weighted by atomic mass is 16.5. The largest absolute Gasteiger partial charge is 0.487 e. The molecule has 3 aromatic rings. The molecule has 1 aliphatic rings. The van der Waals surface area contributed by atoms with Crippen LogP contribution in [0.4, 0.5) is 16.2 Å². The van der Waals surface area contributed by atoms with Crippen LogP contribution in [0, 0.1) is 5.92 Å². The molecule has 3 atom stereocenters. The second-order valence-corrected chi connectivity index (χ2v) is 10.2. The molecule has 0 aromatic heterocycles. The van der Waals surface area contributed by atoms with E-state index in [1.165, 1.54) is 0 Å². The smallest absolute Gasteiger partial charge is 0.321 e. The average molecular weight is 545 g/mol. The number of carbonyl (C=O) groups is 3. The Morgan fingerprint density at radius 3 is 2.38 bits per heavy atom. The molecule has 3 N–H and O–H groups in total. The number of benzene rings is 3. The Kier molecular flexibility index (Phi) is 9.39. The average Bonchev–Trinajstić information content (AvgIpc) is 2.95. The Morgan fingerprint density at radius 2 is 1.70 bits per heavy atom. The van der Waals surface area contributed by atoms with Crippen LogP contribution in [0.15, 0.2) is 78.9 Å². The van der Waals surface area contributed by atoms with E-state index in [4.69, 9.17) is 4.74 Å². The van der Waals surface area contributed by atoms with Gasteiger partial charge in [0.05, 0.1) is 31.2 Å². The van der Waals surface area contributed by atoms with Crippen molar-refractivity contribution < 1.29 is 24.2 Å². The Balaban J connectivity index is 1.55. The first-order valence-corrected chi connectivity index (χ1v) is 13.4. The molecule has 3 aromatic carbocycles. The van der Waals surface area contributed by atoms with Gasteiger partial charge in [-0.15, -0.1) is 0 Å². The SMILES string of the molecule is C[C@H]1CN([C@@H](C)CO)C(=O)c2cc(NC(=O)Cc3ccccc3)ccc2O[C@@H]1CN(C)C(=O)Nc1ccccc1. The number of fused-ring (bicyclic) bond motifs is 1. The number of anilines is 2. The number of carbonyl (C=O) groups excluding carboxylic acids is 3. The minimum absolute atomic E-state index is 0.150. The third-order valence-electron chi connectivity index (χ3n) is 6.98. The predicted octanol–water partition coefficient (Wildman–Crippen LogP) is 4.25. The molecular weight excluding hydrogens is 508 g/mol. The molecule has 0 unspecified atom stereocenters. The highest BCUT2D eigenvalue weighted by Gasteiger charge is 2.34. The van der Waals surface area contributed by atoms with Crippen LogP contribution < -0.4 is 15.4 Å². The molecule has 0 bridgehead atoms. The number of rotatable bonds is 8. The van der Waals surface area contributed by atoms with E-state index in [0.29, 0.717) is 23.7 Å². The van der Waals surface area contributed by atoms with E-state index in [9.17, 15) is 19.5 Å². The normalized spacial score (nSPS) is 17.5. The monoisotopic (exact) mass is 544 g/mol. The number of para-hydroxylation sites is 1. The Bertz CT molecular complexity index is 1320. The lowest BCUT2D eigenvalue weighted by Crippen LogP contribution is -2.50. The second-order valence-electron chi connectivity index (χ2n) is 10.2. The van der Waals surface area contributed by atoms with Gasteiger partial charge in [0.25, 0.3) is 5.91 Å². The fourth-order valence-corrected chi connectivity index (χ4v) is 4.60. The van der Waals surface area contributed by atoms with Crippen LogP contribution in [0.25, 0.3) is 0 Å². The van der Waals surface area contributed by atoms with Gasteiger partial charge in [0.2, 0.25) is 5.91 Å². The van der Waals surface area contributed by atoms with Crippen LogP contribution in [0.5, 0.6) is 5.75 Å². The van der Waals surface area contributed by atoms with Crippen molar-refractivity contribution in [2.45, 2.75) is 32.4 Å². The summed E-state index contributed by atoms with van der Waals surface area (Å²) in [4.78, 5) is 42.4.